The van der Waals surface area contributed by atoms with E-state index < -0.39 is 23.0 Å². The third-order valence-electron chi connectivity index (χ3n) is 5.79. The van der Waals surface area contributed by atoms with Crippen LogP contribution < -0.4 is 5.32 Å². The van der Waals surface area contributed by atoms with Crippen molar-refractivity contribution in [2.75, 3.05) is 6.54 Å². The van der Waals surface area contributed by atoms with E-state index >= 15 is 0 Å². The second-order valence-electron chi connectivity index (χ2n) is 8.72. The average Bonchev–Trinajstić information content (AvgIpc) is 3.31. The molecule has 1 fully saturated rings. The van der Waals surface area contributed by atoms with Gasteiger partial charge in [0.15, 0.2) is 17.3 Å². The number of amides is 1. The van der Waals surface area contributed by atoms with E-state index in [2.05, 4.69) is 10.4 Å². The van der Waals surface area contributed by atoms with Crippen molar-refractivity contribution in [2.45, 2.75) is 51.9 Å². The van der Waals surface area contributed by atoms with E-state index in [0.29, 0.717) is 0 Å². The minimum Gasteiger partial charge on any atom is -0.344 e. The standard InChI is InChI=1S/C21H23F2N3O2/c1-21(2,3)16(27)10-24-20(28)18-17-11-4-5-12(8-11)19(17)26(25-18)15-7-6-13(22)9-14(15)23/h6-7,9,11-12H,4-5,8,10H2,1-3H3,(H,24,28)/t11-,12+/m0/s1. The van der Waals surface area contributed by atoms with E-state index in [1.165, 1.54) is 16.8 Å². The second kappa shape index (κ2) is 6.50. The number of ketones is 1. The summed E-state index contributed by atoms with van der Waals surface area (Å²) in [6.45, 7) is 5.31. The van der Waals surface area contributed by atoms with Crippen LogP contribution in [0.5, 0.6) is 0 Å². The molecule has 2 atom stereocenters. The molecule has 1 heterocycles. The Morgan fingerprint density at radius 3 is 2.61 bits per heavy atom. The molecule has 4 rings (SSSR count). The molecule has 0 spiro atoms. The van der Waals surface area contributed by atoms with Crippen LogP contribution in [-0.2, 0) is 4.79 Å². The molecule has 1 amide bonds. The number of nitrogens with zero attached hydrogens (tertiary/aromatic N) is 2. The molecule has 5 nitrogen and oxygen atoms in total. The topological polar surface area (TPSA) is 64.0 Å². The lowest BCUT2D eigenvalue weighted by Crippen LogP contribution is -2.36. The van der Waals surface area contributed by atoms with Crippen LogP contribution >= 0.6 is 0 Å². The maximum Gasteiger partial charge on any atom is 0.272 e. The number of benzene rings is 1. The number of Topliss-reactive ketones (excluding diaryl/α,β-unsaturated/α-hetero) is 1. The maximum absolute atomic E-state index is 14.4. The number of carbonyl (C=O) groups is 2. The highest BCUT2D eigenvalue weighted by Gasteiger charge is 2.44. The molecule has 0 radical (unpaired) electrons. The number of hydrogen-bond donors (Lipinski definition) is 1. The zero-order valence-electron chi connectivity index (χ0n) is 16.2. The van der Waals surface area contributed by atoms with E-state index in [4.69, 9.17) is 0 Å². The number of rotatable bonds is 4. The molecule has 7 heteroatoms. The molecule has 0 aliphatic heterocycles. The first-order valence-corrected chi connectivity index (χ1v) is 9.56. The molecule has 2 aliphatic carbocycles. The van der Waals surface area contributed by atoms with Gasteiger partial charge < -0.3 is 5.32 Å². The molecule has 28 heavy (non-hydrogen) atoms. The van der Waals surface area contributed by atoms with Crippen LogP contribution in [0.2, 0.25) is 0 Å². The van der Waals surface area contributed by atoms with E-state index in [0.717, 1.165) is 36.6 Å². The number of carbonyl (C=O) groups excluding carboxylic acids is 2. The number of fused-ring (bicyclic) bond motifs is 5. The van der Waals surface area contributed by atoms with Crippen molar-refractivity contribution >= 4 is 11.7 Å². The van der Waals surface area contributed by atoms with Crippen molar-refractivity contribution in [3.05, 3.63) is 46.8 Å². The molecule has 2 bridgehead atoms. The van der Waals surface area contributed by atoms with Crippen molar-refractivity contribution < 1.29 is 18.4 Å². The van der Waals surface area contributed by atoms with Gasteiger partial charge in [-0.25, -0.2) is 13.5 Å². The minimum atomic E-state index is -0.719. The Balaban J connectivity index is 1.71. The SMILES string of the molecule is CC(C)(C)C(=O)CNC(=O)c1nn(-c2ccc(F)cc2F)c2c1[C@H]1CC[C@@H]2C1. The van der Waals surface area contributed by atoms with Gasteiger partial charge in [-0.15, -0.1) is 0 Å². The summed E-state index contributed by atoms with van der Waals surface area (Å²) in [4.78, 5) is 24.9. The zero-order chi connectivity index (χ0) is 20.2. The highest BCUT2D eigenvalue weighted by atomic mass is 19.1. The quantitative estimate of drug-likeness (QED) is 0.866. The Bertz CT molecular complexity index is 975. The molecule has 1 aromatic carbocycles. The molecule has 2 aromatic rings. The Labute approximate surface area is 162 Å². The molecular formula is C21H23F2N3O2. The van der Waals surface area contributed by atoms with Crippen molar-refractivity contribution in [1.29, 1.82) is 0 Å². The fraction of sp³-hybridized carbons (Fsp3) is 0.476. The van der Waals surface area contributed by atoms with E-state index in [9.17, 15) is 18.4 Å². The van der Waals surface area contributed by atoms with E-state index in [1.54, 1.807) is 20.8 Å². The summed E-state index contributed by atoms with van der Waals surface area (Å²) in [5, 5.41) is 7.07. The van der Waals surface area contributed by atoms with Crippen LogP contribution in [0.4, 0.5) is 8.78 Å². The van der Waals surface area contributed by atoms with Crippen molar-refractivity contribution in [2.24, 2.45) is 5.41 Å². The highest BCUT2D eigenvalue weighted by Crippen LogP contribution is 2.54. The maximum atomic E-state index is 14.4. The molecule has 0 saturated heterocycles. The molecule has 1 saturated carbocycles. The summed E-state index contributed by atoms with van der Waals surface area (Å²) in [7, 11) is 0. The summed E-state index contributed by atoms with van der Waals surface area (Å²) in [6.07, 6.45) is 2.85. The van der Waals surface area contributed by atoms with Gasteiger partial charge in [0.05, 0.1) is 12.2 Å². The monoisotopic (exact) mass is 387 g/mol. The minimum absolute atomic E-state index is 0.0804. The van der Waals surface area contributed by atoms with Gasteiger partial charge in [0, 0.05) is 23.0 Å². The Morgan fingerprint density at radius 1 is 1.21 bits per heavy atom. The van der Waals surface area contributed by atoms with Crippen LogP contribution in [0.25, 0.3) is 5.69 Å². The summed E-state index contributed by atoms with van der Waals surface area (Å²) >= 11 is 0. The van der Waals surface area contributed by atoms with Gasteiger partial charge in [-0.05, 0) is 37.3 Å². The van der Waals surface area contributed by atoms with Crippen LogP contribution in [0, 0.1) is 17.0 Å². The lowest BCUT2D eigenvalue weighted by Gasteiger charge is -2.17. The average molecular weight is 387 g/mol. The summed E-state index contributed by atoms with van der Waals surface area (Å²) in [6, 6.07) is 3.34. The number of aromatic nitrogens is 2. The molecule has 148 valence electrons. The van der Waals surface area contributed by atoms with Gasteiger partial charge in [0.1, 0.15) is 11.5 Å². The van der Waals surface area contributed by atoms with Gasteiger partial charge in [-0.1, -0.05) is 20.8 Å². The number of hydrogen-bond acceptors (Lipinski definition) is 3. The normalized spacial score (nSPS) is 20.3. The Kier molecular flexibility index (Phi) is 4.36. The smallest absolute Gasteiger partial charge is 0.272 e. The first kappa shape index (κ1) is 18.8. The Hall–Kier alpha value is -2.57. The predicted molar refractivity (Wildman–Crippen MR) is 99.6 cm³/mol. The Morgan fingerprint density at radius 2 is 1.93 bits per heavy atom. The first-order valence-electron chi connectivity index (χ1n) is 9.56. The van der Waals surface area contributed by atoms with E-state index in [1.807, 2.05) is 0 Å². The van der Waals surface area contributed by atoms with Crippen LogP contribution in [0.15, 0.2) is 18.2 Å². The van der Waals surface area contributed by atoms with Crippen molar-refractivity contribution in [3.63, 3.8) is 0 Å². The summed E-state index contributed by atoms with van der Waals surface area (Å²) < 4.78 is 29.2. The molecule has 2 aliphatic rings. The summed E-state index contributed by atoms with van der Waals surface area (Å²) in [5.41, 5.74) is 1.52. The first-order chi connectivity index (χ1) is 13.2. The van der Waals surface area contributed by atoms with Gasteiger partial charge in [-0.3, -0.25) is 9.59 Å². The summed E-state index contributed by atoms with van der Waals surface area (Å²) in [5.74, 6) is -1.45. The third-order valence-corrected chi connectivity index (χ3v) is 5.79. The van der Waals surface area contributed by atoms with Crippen LogP contribution in [0.3, 0.4) is 0 Å². The third kappa shape index (κ3) is 3.02. The second-order valence-corrected chi connectivity index (χ2v) is 8.72. The highest BCUT2D eigenvalue weighted by molar-refractivity contribution is 5.98. The van der Waals surface area contributed by atoms with Gasteiger partial charge in [0.25, 0.3) is 5.91 Å². The lowest BCUT2D eigenvalue weighted by molar-refractivity contribution is -0.125. The predicted octanol–water partition coefficient (Wildman–Crippen LogP) is 3.86. The van der Waals surface area contributed by atoms with Gasteiger partial charge >= 0.3 is 0 Å². The largest absolute Gasteiger partial charge is 0.344 e. The number of nitrogens with one attached hydrogen (secondary N) is 1. The molecule has 0 unspecified atom stereocenters. The van der Waals surface area contributed by atoms with Crippen molar-refractivity contribution in [3.8, 4) is 5.69 Å². The van der Waals surface area contributed by atoms with Gasteiger partial charge in [0.2, 0.25) is 0 Å². The molecule has 1 N–H and O–H groups in total. The molecule has 1 aromatic heterocycles. The van der Waals surface area contributed by atoms with E-state index in [-0.39, 0.29) is 35.5 Å². The van der Waals surface area contributed by atoms with Crippen molar-refractivity contribution in [1.82, 2.24) is 15.1 Å². The van der Waals surface area contributed by atoms with Gasteiger partial charge in [-0.2, -0.15) is 5.10 Å². The molecular weight excluding hydrogens is 364 g/mol. The number of halogens is 2. The van der Waals surface area contributed by atoms with Crippen LogP contribution in [0.1, 0.15) is 73.6 Å². The fourth-order valence-electron chi connectivity index (χ4n) is 4.24. The zero-order valence-corrected chi connectivity index (χ0v) is 16.2. The fourth-order valence-corrected chi connectivity index (χ4v) is 4.24. The van der Waals surface area contributed by atoms with Crippen LogP contribution in [-0.4, -0.2) is 28.0 Å². The lowest BCUT2D eigenvalue weighted by atomic mass is 9.91.